The van der Waals surface area contributed by atoms with Crippen LogP contribution in [0.25, 0.3) is 0 Å². The van der Waals surface area contributed by atoms with Crippen LogP contribution in [0.2, 0.25) is 0 Å². The molecule has 0 spiro atoms. The van der Waals surface area contributed by atoms with Crippen molar-refractivity contribution in [3.63, 3.8) is 0 Å². The van der Waals surface area contributed by atoms with E-state index in [4.69, 9.17) is 15.5 Å². The van der Waals surface area contributed by atoms with Gasteiger partial charge in [-0.05, 0) is 19.1 Å². The maximum atomic E-state index is 9.15. The molecule has 0 amide bonds. The van der Waals surface area contributed by atoms with Crippen molar-refractivity contribution in [2.75, 3.05) is 12.4 Å². The lowest BCUT2D eigenvalue weighted by Gasteiger charge is -2.06. The maximum absolute atomic E-state index is 9.15. The summed E-state index contributed by atoms with van der Waals surface area (Å²) in [6, 6.07) is 5.41. The Bertz CT molecular complexity index is 376. The minimum Gasteiger partial charge on any atom is -0.394 e. The predicted octanol–water partition coefficient (Wildman–Crippen LogP) is 0.707. The van der Waals surface area contributed by atoms with Crippen molar-refractivity contribution in [1.29, 1.82) is 5.26 Å². The number of aromatic nitrogens is 1. The van der Waals surface area contributed by atoms with E-state index in [0.717, 1.165) is 5.69 Å². The van der Waals surface area contributed by atoms with Crippen LogP contribution in [0.5, 0.6) is 0 Å². The van der Waals surface area contributed by atoms with Crippen LogP contribution in [-0.2, 0) is 0 Å². The van der Waals surface area contributed by atoms with Gasteiger partial charge in [0.15, 0.2) is 0 Å². The third kappa shape index (κ3) is 3.88. The van der Waals surface area contributed by atoms with Gasteiger partial charge in [-0.25, -0.2) is 4.98 Å². The first-order chi connectivity index (χ1) is 7.15. The molecule has 5 heteroatoms. The highest BCUT2D eigenvalue weighted by atomic mass is 32.2. The molecule has 0 saturated heterocycles. The van der Waals surface area contributed by atoms with Gasteiger partial charge in [0.1, 0.15) is 0 Å². The predicted molar refractivity (Wildman–Crippen MR) is 57.5 cm³/mol. The number of aliphatic hydroxyl groups is 2. The highest BCUT2D eigenvalue weighted by Crippen LogP contribution is 2.18. The molecule has 0 aromatic carbocycles. The number of nitriles is 1. The van der Waals surface area contributed by atoms with E-state index in [-0.39, 0.29) is 6.61 Å². The van der Waals surface area contributed by atoms with Gasteiger partial charge in [-0.1, -0.05) is 0 Å². The number of aryl methyl sites for hydroxylation is 1. The van der Waals surface area contributed by atoms with Crippen molar-refractivity contribution in [2.24, 2.45) is 0 Å². The van der Waals surface area contributed by atoms with Gasteiger partial charge in [-0.2, -0.15) is 5.26 Å². The molecule has 1 unspecified atom stereocenters. The van der Waals surface area contributed by atoms with E-state index in [0.29, 0.717) is 16.3 Å². The molecule has 15 heavy (non-hydrogen) atoms. The van der Waals surface area contributed by atoms with Crippen LogP contribution in [0, 0.1) is 18.3 Å². The zero-order valence-electron chi connectivity index (χ0n) is 8.34. The molecule has 0 fully saturated rings. The van der Waals surface area contributed by atoms with Crippen LogP contribution in [-0.4, -0.2) is 33.7 Å². The topological polar surface area (TPSA) is 77.1 Å². The van der Waals surface area contributed by atoms with Crippen molar-refractivity contribution in [1.82, 2.24) is 4.98 Å². The summed E-state index contributed by atoms with van der Waals surface area (Å²) in [5.41, 5.74) is 1.33. The lowest BCUT2D eigenvalue weighted by Crippen LogP contribution is -2.14. The molecule has 2 N–H and O–H groups in total. The van der Waals surface area contributed by atoms with Crippen molar-refractivity contribution in [3.8, 4) is 6.07 Å². The molecule has 1 aromatic heterocycles. The summed E-state index contributed by atoms with van der Waals surface area (Å²) in [5.74, 6) is 0.373. The summed E-state index contributed by atoms with van der Waals surface area (Å²) in [6.07, 6.45) is -0.747. The summed E-state index contributed by atoms with van der Waals surface area (Å²) < 4.78 is 0. The number of pyridine rings is 1. The van der Waals surface area contributed by atoms with Crippen LogP contribution < -0.4 is 0 Å². The second-order valence-corrected chi connectivity index (χ2v) is 4.13. The van der Waals surface area contributed by atoms with Gasteiger partial charge >= 0.3 is 0 Å². The van der Waals surface area contributed by atoms with Gasteiger partial charge in [-0.15, -0.1) is 11.8 Å². The summed E-state index contributed by atoms with van der Waals surface area (Å²) in [5, 5.41) is 27.2. The Balaban J connectivity index is 2.69. The molecule has 0 aliphatic rings. The first-order valence-corrected chi connectivity index (χ1v) is 5.44. The quantitative estimate of drug-likeness (QED) is 0.736. The Morgan fingerprint density at radius 3 is 2.93 bits per heavy atom. The molecule has 80 valence electrons. The minimum absolute atomic E-state index is 0.260. The molecule has 0 saturated carbocycles. The molecule has 0 bridgehead atoms. The average Bonchev–Trinajstić information content (AvgIpc) is 2.25. The van der Waals surface area contributed by atoms with E-state index in [1.165, 1.54) is 11.8 Å². The van der Waals surface area contributed by atoms with Crippen LogP contribution >= 0.6 is 11.8 Å². The minimum atomic E-state index is -0.747. The van der Waals surface area contributed by atoms with Gasteiger partial charge in [0.2, 0.25) is 0 Å². The van der Waals surface area contributed by atoms with Gasteiger partial charge < -0.3 is 10.2 Å². The number of rotatable bonds is 4. The van der Waals surface area contributed by atoms with Crippen LogP contribution in [0.15, 0.2) is 17.2 Å². The number of thioether (sulfide) groups is 1. The fourth-order valence-corrected chi connectivity index (χ4v) is 1.90. The van der Waals surface area contributed by atoms with Gasteiger partial charge in [-0.3, -0.25) is 0 Å². The van der Waals surface area contributed by atoms with E-state index in [1.807, 2.05) is 13.0 Å². The molecular weight excluding hydrogens is 212 g/mol. The number of nitrogens with zero attached hydrogens (tertiary/aromatic N) is 2. The van der Waals surface area contributed by atoms with Crippen LogP contribution in [0.1, 0.15) is 11.3 Å². The van der Waals surface area contributed by atoms with Crippen molar-refractivity contribution in [2.45, 2.75) is 18.1 Å². The van der Waals surface area contributed by atoms with E-state index in [9.17, 15) is 0 Å². The molecule has 1 atom stereocenters. The highest BCUT2D eigenvalue weighted by Gasteiger charge is 2.05. The molecule has 0 aliphatic carbocycles. The molecule has 1 aromatic rings. The Morgan fingerprint density at radius 1 is 1.60 bits per heavy atom. The van der Waals surface area contributed by atoms with E-state index in [1.54, 1.807) is 12.1 Å². The largest absolute Gasteiger partial charge is 0.394 e. The smallest absolute Gasteiger partial charge is 0.0993 e. The summed E-state index contributed by atoms with van der Waals surface area (Å²) in [6.45, 7) is 1.55. The molecule has 1 heterocycles. The molecule has 1 rings (SSSR count). The Hall–Kier alpha value is -1.09. The van der Waals surface area contributed by atoms with Gasteiger partial charge in [0, 0.05) is 11.4 Å². The molecule has 0 radical (unpaired) electrons. The Kier molecular flexibility index (Phi) is 4.56. The third-order valence-electron chi connectivity index (χ3n) is 1.69. The Labute approximate surface area is 92.6 Å². The van der Waals surface area contributed by atoms with E-state index < -0.39 is 6.10 Å². The van der Waals surface area contributed by atoms with Gasteiger partial charge in [0.05, 0.1) is 29.4 Å². The fraction of sp³-hybridized carbons (Fsp3) is 0.400. The number of aliphatic hydroxyl groups excluding tert-OH is 2. The zero-order valence-corrected chi connectivity index (χ0v) is 9.16. The lowest BCUT2D eigenvalue weighted by atomic mass is 10.2. The van der Waals surface area contributed by atoms with Gasteiger partial charge in [0.25, 0.3) is 0 Å². The summed E-state index contributed by atoms with van der Waals surface area (Å²) in [7, 11) is 0. The first kappa shape index (κ1) is 12.0. The number of hydrogen-bond acceptors (Lipinski definition) is 5. The van der Waals surface area contributed by atoms with Crippen molar-refractivity contribution in [3.05, 3.63) is 23.4 Å². The summed E-state index contributed by atoms with van der Waals surface area (Å²) >= 11 is 1.32. The van der Waals surface area contributed by atoms with E-state index in [2.05, 4.69) is 4.98 Å². The standard InChI is InChI=1S/C10H12N2O2S/c1-7-2-8(4-11)3-10(12-7)15-6-9(14)5-13/h2-3,9,13-14H,5-6H2,1H3. The van der Waals surface area contributed by atoms with Crippen LogP contribution in [0.3, 0.4) is 0 Å². The monoisotopic (exact) mass is 224 g/mol. The van der Waals surface area contributed by atoms with Crippen molar-refractivity contribution < 1.29 is 10.2 Å². The highest BCUT2D eigenvalue weighted by molar-refractivity contribution is 7.99. The van der Waals surface area contributed by atoms with E-state index >= 15 is 0 Å². The first-order valence-electron chi connectivity index (χ1n) is 4.46. The van der Waals surface area contributed by atoms with Crippen molar-refractivity contribution >= 4 is 11.8 Å². The normalized spacial score (nSPS) is 12.1. The second kappa shape index (κ2) is 5.71. The molecule has 0 aliphatic heterocycles. The summed E-state index contributed by atoms with van der Waals surface area (Å²) in [4.78, 5) is 4.21. The number of hydrogen-bond donors (Lipinski definition) is 2. The second-order valence-electron chi connectivity index (χ2n) is 3.09. The lowest BCUT2D eigenvalue weighted by molar-refractivity contribution is 0.113. The third-order valence-corrected chi connectivity index (χ3v) is 2.75. The van der Waals surface area contributed by atoms with Crippen LogP contribution in [0.4, 0.5) is 0 Å². The zero-order chi connectivity index (χ0) is 11.3. The maximum Gasteiger partial charge on any atom is 0.0993 e. The average molecular weight is 224 g/mol. The SMILES string of the molecule is Cc1cc(C#N)cc(SCC(O)CO)n1. The Morgan fingerprint density at radius 2 is 2.33 bits per heavy atom. The fourth-order valence-electron chi connectivity index (χ4n) is 1.01. The molecule has 4 nitrogen and oxygen atoms in total. The molecular formula is C10H12N2O2S.